The number of aromatic nitrogens is 2. The molecule has 1 unspecified atom stereocenters. The van der Waals surface area contributed by atoms with Crippen molar-refractivity contribution >= 4 is 11.6 Å². The van der Waals surface area contributed by atoms with Gasteiger partial charge in [-0.15, -0.1) is 0 Å². The largest absolute Gasteiger partial charge is 0.412 e. The van der Waals surface area contributed by atoms with Crippen molar-refractivity contribution in [1.82, 2.24) is 14.7 Å². The van der Waals surface area contributed by atoms with E-state index in [1.165, 1.54) is 18.2 Å². The number of nitrogens with zero attached hydrogens (tertiary/aromatic N) is 3. The van der Waals surface area contributed by atoms with E-state index in [0.29, 0.717) is 23.5 Å². The highest BCUT2D eigenvalue weighted by atomic mass is 35.5. The predicted molar refractivity (Wildman–Crippen MR) is 74.1 cm³/mol. The van der Waals surface area contributed by atoms with Crippen LogP contribution in [-0.2, 0) is 6.54 Å². The molecule has 0 N–H and O–H groups in total. The fourth-order valence-corrected chi connectivity index (χ4v) is 2.75. The summed E-state index contributed by atoms with van der Waals surface area (Å²) in [5.74, 6) is -0.581. The van der Waals surface area contributed by atoms with E-state index in [0.717, 1.165) is 4.68 Å². The van der Waals surface area contributed by atoms with Crippen molar-refractivity contribution in [3.63, 3.8) is 0 Å². The molecule has 2 aromatic rings. The molecule has 3 rings (SSSR count). The van der Waals surface area contributed by atoms with Gasteiger partial charge in [0.15, 0.2) is 6.04 Å². The Bertz CT molecular complexity index is 711. The Morgan fingerprint density at radius 1 is 1.27 bits per heavy atom. The Kier molecular flexibility index (Phi) is 3.65. The number of benzene rings is 1. The molecule has 0 fully saturated rings. The molecule has 118 valence electrons. The zero-order valence-electron chi connectivity index (χ0n) is 11.5. The second kappa shape index (κ2) is 5.24. The number of halogens is 5. The van der Waals surface area contributed by atoms with Crippen LogP contribution >= 0.6 is 11.6 Å². The summed E-state index contributed by atoms with van der Waals surface area (Å²) < 4.78 is 53.7. The molecule has 2 heterocycles. The van der Waals surface area contributed by atoms with Crippen molar-refractivity contribution in [3.8, 4) is 11.3 Å². The van der Waals surface area contributed by atoms with Crippen molar-refractivity contribution in [2.24, 2.45) is 0 Å². The van der Waals surface area contributed by atoms with E-state index in [4.69, 9.17) is 11.6 Å². The SMILES string of the molecule is CN1Cc2cc(-c3ccc(F)c(Cl)c3)nn2C(C(F)(F)F)C1. The van der Waals surface area contributed by atoms with E-state index in [-0.39, 0.29) is 11.6 Å². The van der Waals surface area contributed by atoms with Gasteiger partial charge >= 0.3 is 6.18 Å². The van der Waals surface area contributed by atoms with Crippen LogP contribution in [0.1, 0.15) is 11.7 Å². The summed E-state index contributed by atoms with van der Waals surface area (Å²) in [5, 5.41) is 3.97. The monoisotopic (exact) mass is 333 g/mol. The second-order valence-corrected chi connectivity index (χ2v) is 5.76. The Hall–Kier alpha value is -1.60. The van der Waals surface area contributed by atoms with Gasteiger partial charge in [0.1, 0.15) is 5.82 Å². The van der Waals surface area contributed by atoms with E-state index >= 15 is 0 Å². The van der Waals surface area contributed by atoms with Gasteiger partial charge < -0.3 is 0 Å². The lowest BCUT2D eigenvalue weighted by atomic mass is 10.1. The van der Waals surface area contributed by atoms with Crippen molar-refractivity contribution in [1.29, 1.82) is 0 Å². The topological polar surface area (TPSA) is 21.1 Å². The summed E-state index contributed by atoms with van der Waals surface area (Å²) in [6.07, 6.45) is -4.38. The van der Waals surface area contributed by atoms with Crippen molar-refractivity contribution in [2.75, 3.05) is 13.6 Å². The van der Waals surface area contributed by atoms with Crippen LogP contribution in [0.4, 0.5) is 17.6 Å². The van der Waals surface area contributed by atoms with E-state index in [9.17, 15) is 17.6 Å². The van der Waals surface area contributed by atoms with Gasteiger partial charge in [0, 0.05) is 18.7 Å². The molecule has 0 bridgehead atoms. The van der Waals surface area contributed by atoms with E-state index in [2.05, 4.69) is 5.10 Å². The van der Waals surface area contributed by atoms with Crippen molar-refractivity contribution in [3.05, 3.63) is 40.8 Å². The summed E-state index contributed by atoms with van der Waals surface area (Å²) in [4.78, 5) is 1.59. The second-order valence-electron chi connectivity index (χ2n) is 5.35. The number of alkyl halides is 3. The fraction of sp³-hybridized carbons (Fsp3) is 0.357. The lowest BCUT2D eigenvalue weighted by Gasteiger charge is -2.32. The first-order chi connectivity index (χ1) is 10.3. The Labute approximate surface area is 129 Å². The van der Waals surface area contributed by atoms with Crippen LogP contribution in [0.25, 0.3) is 11.3 Å². The molecule has 1 aliphatic heterocycles. The van der Waals surface area contributed by atoms with Gasteiger partial charge in [0.05, 0.1) is 16.4 Å². The Morgan fingerprint density at radius 2 is 2.00 bits per heavy atom. The molecular formula is C14H12ClF4N3. The minimum atomic E-state index is -4.38. The maximum absolute atomic E-state index is 13.2. The lowest BCUT2D eigenvalue weighted by Crippen LogP contribution is -2.42. The van der Waals surface area contributed by atoms with Gasteiger partial charge in [0.25, 0.3) is 0 Å². The molecule has 0 radical (unpaired) electrons. The van der Waals surface area contributed by atoms with E-state index in [1.807, 2.05) is 0 Å². The standard InChI is InChI=1S/C14H12ClF4N3/c1-21-6-9-5-12(8-2-3-11(16)10(15)4-8)20-22(9)13(7-21)14(17,18)19/h2-5,13H,6-7H2,1H3. The van der Waals surface area contributed by atoms with Crippen LogP contribution < -0.4 is 0 Å². The third-order valence-electron chi connectivity index (χ3n) is 3.62. The zero-order chi connectivity index (χ0) is 16.1. The van der Waals surface area contributed by atoms with Crippen molar-refractivity contribution in [2.45, 2.75) is 18.8 Å². The van der Waals surface area contributed by atoms with Crippen LogP contribution in [-0.4, -0.2) is 34.4 Å². The molecule has 8 heteroatoms. The third-order valence-corrected chi connectivity index (χ3v) is 3.91. The molecule has 1 aliphatic rings. The molecule has 0 aliphatic carbocycles. The van der Waals surface area contributed by atoms with Gasteiger partial charge in [0.2, 0.25) is 0 Å². The summed E-state index contributed by atoms with van der Waals surface area (Å²) in [7, 11) is 1.63. The highest BCUT2D eigenvalue weighted by Gasteiger charge is 2.45. The molecule has 0 spiro atoms. The number of hydrogen-bond acceptors (Lipinski definition) is 2. The minimum absolute atomic E-state index is 0.0899. The number of rotatable bonds is 1. The predicted octanol–water partition coefficient (Wildman–Crippen LogP) is 3.89. The van der Waals surface area contributed by atoms with Crippen LogP contribution in [0.3, 0.4) is 0 Å². The molecule has 0 saturated heterocycles. The molecule has 0 amide bonds. The van der Waals surface area contributed by atoms with Crippen LogP contribution in [0.5, 0.6) is 0 Å². The molecule has 22 heavy (non-hydrogen) atoms. The van der Waals surface area contributed by atoms with Crippen LogP contribution in [0, 0.1) is 5.82 Å². The van der Waals surface area contributed by atoms with Crippen molar-refractivity contribution < 1.29 is 17.6 Å². The molecular weight excluding hydrogens is 322 g/mol. The maximum Gasteiger partial charge on any atom is 0.412 e. The molecule has 3 nitrogen and oxygen atoms in total. The highest BCUT2D eigenvalue weighted by molar-refractivity contribution is 6.31. The number of fused-ring (bicyclic) bond motifs is 1. The van der Waals surface area contributed by atoms with Gasteiger partial charge in [-0.1, -0.05) is 11.6 Å². The van der Waals surface area contributed by atoms with Crippen LogP contribution in [0.2, 0.25) is 5.02 Å². The van der Waals surface area contributed by atoms with Gasteiger partial charge in [-0.25, -0.2) is 4.39 Å². The first kappa shape index (κ1) is 15.3. The quantitative estimate of drug-likeness (QED) is 0.738. The summed E-state index contributed by atoms with van der Waals surface area (Å²) in [6, 6.07) is 3.87. The summed E-state index contributed by atoms with van der Waals surface area (Å²) >= 11 is 5.72. The smallest absolute Gasteiger partial charge is 0.298 e. The molecule has 0 saturated carbocycles. The summed E-state index contributed by atoms with van der Waals surface area (Å²) in [6.45, 7) is 0.219. The highest BCUT2D eigenvalue weighted by Crippen LogP contribution is 2.36. The average Bonchev–Trinajstić information content (AvgIpc) is 2.83. The summed E-state index contributed by atoms with van der Waals surface area (Å²) in [5.41, 5.74) is 1.30. The van der Waals surface area contributed by atoms with Gasteiger partial charge in [-0.05, 0) is 31.3 Å². The number of hydrogen-bond donors (Lipinski definition) is 0. The third kappa shape index (κ3) is 2.70. The first-order valence-electron chi connectivity index (χ1n) is 6.55. The molecule has 1 atom stereocenters. The van der Waals surface area contributed by atoms with E-state index < -0.39 is 18.0 Å². The normalized spacial score (nSPS) is 19.3. The zero-order valence-corrected chi connectivity index (χ0v) is 12.3. The molecule has 1 aromatic carbocycles. The Balaban J connectivity index is 2.05. The van der Waals surface area contributed by atoms with Gasteiger partial charge in [-0.3, -0.25) is 9.58 Å². The maximum atomic E-state index is 13.2. The van der Waals surface area contributed by atoms with E-state index in [1.54, 1.807) is 18.0 Å². The fourth-order valence-electron chi connectivity index (χ4n) is 2.57. The lowest BCUT2D eigenvalue weighted by molar-refractivity contribution is -0.178. The minimum Gasteiger partial charge on any atom is -0.298 e. The van der Waals surface area contributed by atoms with Crippen LogP contribution in [0.15, 0.2) is 24.3 Å². The first-order valence-corrected chi connectivity index (χ1v) is 6.92. The van der Waals surface area contributed by atoms with Gasteiger partial charge in [-0.2, -0.15) is 18.3 Å². The molecule has 1 aromatic heterocycles. The average molecular weight is 334 g/mol. The number of likely N-dealkylation sites (N-methyl/N-ethyl adjacent to an activating group) is 1. The Morgan fingerprint density at radius 3 is 2.64 bits per heavy atom.